The Morgan fingerprint density at radius 3 is 2.81 bits per heavy atom. The highest BCUT2D eigenvalue weighted by Gasteiger charge is 2.29. The van der Waals surface area contributed by atoms with Gasteiger partial charge in [-0.2, -0.15) is 0 Å². The molecule has 3 rings (SSSR count). The van der Waals surface area contributed by atoms with E-state index in [1.165, 1.54) is 69.8 Å². The average Bonchev–Trinajstić information content (AvgIpc) is 2.85. The fourth-order valence-corrected chi connectivity index (χ4v) is 4.52. The van der Waals surface area contributed by atoms with Crippen molar-refractivity contribution in [2.45, 2.75) is 83.1 Å². The zero-order chi connectivity index (χ0) is 14.7. The highest BCUT2D eigenvalue weighted by atomic mass is 14.7. The molecule has 0 heterocycles. The highest BCUT2D eigenvalue weighted by molar-refractivity contribution is 5.36. The van der Waals surface area contributed by atoms with Gasteiger partial charge >= 0.3 is 0 Å². The molecule has 2 N–H and O–H groups in total. The minimum atomic E-state index is 0.0509. The molecule has 1 saturated carbocycles. The molecule has 1 aromatic rings. The molecular weight excluding hydrogens is 254 g/mol. The molecule has 0 aliphatic heterocycles. The van der Waals surface area contributed by atoms with E-state index in [2.05, 4.69) is 25.1 Å². The van der Waals surface area contributed by atoms with Gasteiger partial charge in [0.2, 0.25) is 0 Å². The summed E-state index contributed by atoms with van der Waals surface area (Å²) >= 11 is 0. The van der Waals surface area contributed by atoms with Gasteiger partial charge in [0.1, 0.15) is 0 Å². The first-order chi connectivity index (χ1) is 10.2. The van der Waals surface area contributed by atoms with Gasteiger partial charge in [-0.3, -0.25) is 0 Å². The number of rotatable bonds is 4. The predicted molar refractivity (Wildman–Crippen MR) is 90.6 cm³/mol. The molecule has 1 heteroatoms. The van der Waals surface area contributed by atoms with E-state index in [0.717, 1.165) is 12.3 Å². The minimum absolute atomic E-state index is 0.0509. The van der Waals surface area contributed by atoms with Crippen LogP contribution in [0.5, 0.6) is 0 Å². The summed E-state index contributed by atoms with van der Waals surface area (Å²) in [5.41, 5.74) is 11.5. The van der Waals surface area contributed by atoms with Crippen LogP contribution in [0.25, 0.3) is 0 Å². The molecular formula is C20H31N. The molecule has 0 bridgehead atoms. The summed E-state index contributed by atoms with van der Waals surface area (Å²) in [6, 6.07) is 7.15. The Morgan fingerprint density at radius 1 is 1.10 bits per heavy atom. The fraction of sp³-hybridized carbons (Fsp3) is 0.700. The van der Waals surface area contributed by atoms with E-state index in [1.807, 2.05) is 0 Å². The largest absolute Gasteiger partial charge is 0.325 e. The summed E-state index contributed by atoms with van der Waals surface area (Å²) in [4.78, 5) is 0. The second-order valence-corrected chi connectivity index (χ2v) is 7.58. The van der Waals surface area contributed by atoms with E-state index in [0.29, 0.717) is 0 Å². The van der Waals surface area contributed by atoms with Crippen LogP contribution < -0.4 is 5.73 Å². The summed E-state index contributed by atoms with van der Waals surface area (Å²) in [6.45, 7) is 2.31. The van der Waals surface area contributed by atoms with Gasteiger partial charge in [0.25, 0.3) is 0 Å². The van der Waals surface area contributed by atoms with Crippen LogP contribution in [-0.4, -0.2) is 5.54 Å². The van der Waals surface area contributed by atoms with Gasteiger partial charge in [-0.25, -0.2) is 0 Å². The van der Waals surface area contributed by atoms with Gasteiger partial charge in [-0.15, -0.1) is 0 Å². The number of hydrogen-bond acceptors (Lipinski definition) is 1. The van der Waals surface area contributed by atoms with Gasteiger partial charge in [0, 0.05) is 5.54 Å². The summed E-state index contributed by atoms with van der Waals surface area (Å²) < 4.78 is 0. The maximum Gasteiger partial charge on any atom is 0.0195 e. The molecule has 2 atom stereocenters. The van der Waals surface area contributed by atoms with Gasteiger partial charge < -0.3 is 5.73 Å². The molecule has 2 aliphatic carbocycles. The van der Waals surface area contributed by atoms with Crippen LogP contribution in [0, 0.1) is 5.92 Å². The van der Waals surface area contributed by atoms with Crippen molar-refractivity contribution in [3.05, 3.63) is 34.9 Å². The first-order valence-electron chi connectivity index (χ1n) is 9.08. The third kappa shape index (κ3) is 3.69. The smallest absolute Gasteiger partial charge is 0.0195 e. The van der Waals surface area contributed by atoms with Crippen molar-refractivity contribution in [3.63, 3.8) is 0 Å². The van der Waals surface area contributed by atoms with Crippen LogP contribution in [0.1, 0.15) is 75.0 Å². The van der Waals surface area contributed by atoms with Crippen molar-refractivity contribution in [1.29, 1.82) is 0 Å². The lowest BCUT2D eigenvalue weighted by atomic mass is 9.84. The predicted octanol–water partition coefficient (Wildman–Crippen LogP) is 4.80. The Kier molecular flexibility index (Phi) is 4.69. The molecule has 0 aromatic heterocycles. The maximum atomic E-state index is 6.79. The molecule has 0 spiro atoms. The quantitative estimate of drug-likeness (QED) is 0.790. The van der Waals surface area contributed by atoms with E-state index in [-0.39, 0.29) is 5.54 Å². The first-order valence-corrected chi connectivity index (χ1v) is 9.08. The molecule has 1 fully saturated rings. The maximum absolute atomic E-state index is 6.79. The number of hydrogen-bond donors (Lipinski definition) is 1. The van der Waals surface area contributed by atoms with Crippen LogP contribution in [-0.2, 0) is 19.3 Å². The second kappa shape index (κ2) is 6.52. The van der Waals surface area contributed by atoms with E-state index in [9.17, 15) is 0 Å². The fourth-order valence-electron chi connectivity index (χ4n) is 4.52. The monoisotopic (exact) mass is 285 g/mol. The zero-order valence-electron chi connectivity index (χ0n) is 13.7. The lowest BCUT2D eigenvalue weighted by Crippen LogP contribution is -2.41. The minimum Gasteiger partial charge on any atom is -0.325 e. The standard InChI is InChI=1S/C20H31N/c1-2-5-16-6-4-12-20(21,13-11-16)15-17-9-10-18-7-3-8-19(18)14-17/h9-10,14,16H,2-8,11-13,15,21H2,1H3. The topological polar surface area (TPSA) is 26.0 Å². The summed E-state index contributed by atoms with van der Waals surface area (Å²) in [6.07, 6.45) is 14.2. The van der Waals surface area contributed by atoms with Gasteiger partial charge in [-0.1, -0.05) is 50.8 Å². The molecule has 116 valence electrons. The molecule has 2 aliphatic rings. The Hall–Kier alpha value is -0.820. The van der Waals surface area contributed by atoms with Gasteiger partial charge in [-0.05, 0) is 67.6 Å². The van der Waals surface area contributed by atoms with Crippen LogP contribution in [0.4, 0.5) is 0 Å². The molecule has 0 saturated heterocycles. The van der Waals surface area contributed by atoms with E-state index >= 15 is 0 Å². The summed E-state index contributed by atoms with van der Waals surface area (Å²) in [5.74, 6) is 0.931. The molecule has 0 amide bonds. The van der Waals surface area contributed by atoms with Gasteiger partial charge in [0.05, 0.1) is 0 Å². The Bertz CT molecular complexity index is 479. The van der Waals surface area contributed by atoms with Crippen LogP contribution >= 0.6 is 0 Å². The normalized spacial score (nSPS) is 29.1. The molecule has 21 heavy (non-hydrogen) atoms. The van der Waals surface area contributed by atoms with Crippen LogP contribution in [0.2, 0.25) is 0 Å². The highest BCUT2D eigenvalue weighted by Crippen LogP contribution is 2.34. The Morgan fingerprint density at radius 2 is 1.95 bits per heavy atom. The first kappa shape index (κ1) is 15.1. The molecule has 1 aromatic carbocycles. The summed E-state index contributed by atoms with van der Waals surface area (Å²) in [7, 11) is 0. The van der Waals surface area contributed by atoms with Crippen molar-refractivity contribution in [2.24, 2.45) is 11.7 Å². The number of fused-ring (bicyclic) bond motifs is 1. The zero-order valence-corrected chi connectivity index (χ0v) is 13.7. The van der Waals surface area contributed by atoms with Crippen molar-refractivity contribution in [2.75, 3.05) is 0 Å². The number of aryl methyl sites for hydroxylation is 2. The van der Waals surface area contributed by atoms with Crippen molar-refractivity contribution in [1.82, 2.24) is 0 Å². The van der Waals surface area contributed by atoms with E-state index in [1.54, 1.807) is 11.1 Å². The molecule has 2 unspecified atom stereocenters. The van der Waals surface area contributed by atoms with E-state index in [4.69, 9.17) is 5.73 Å². The Balaban J connectivity index is 1.65. The summed E-state index contributed by atoms with van der Waals surface area (Å²) in [5, 5.41) is 0. The molecule has 0 radical (unpaired) electrons. The average molecular weight is 285 g/mol. The van der Waals surface area contributed by atoms with E-state index < -0.39 is 0 Å². The van der Waals surface area contributed by atoms with Crippen molar-refractivity contribution < 1.29 is 0 Å². The third-order valence-electron chi connectivity index (χ3n) is 5.75. The lowest BCUT2D eigenvalue weighted by Gasteiger charge is -2.28. The van der Waals surface area contributed by atoms with Crippen molar-refractivity contribution >= 4 is 0 Å². The lowest BCUT2D eigenvalue weighted by molar-refractivity contribution is 0.355. The second-order valence-electron chi connectivity index (χ2n) is 7.58. The number of benzene rings is 1. The van der Waals surface area contributed by atoms with Crippen LogP contribution in [0.15, 0.2) is 18.2 Å². The van der Waals surface area contributed by atoms with Gasteiger partial charge in [0.15, 0.2) is 0 Å². The third-order valence-corrected chi connectivity index (χ3v) is 5.75. The van der Waals surface area contributed by atoms with Crippen LogP contribution in [0.3, 0.4) is 0 Å². The SMILES string of the molecule is CCCC1CCCC(N)(Cc2ccc3c(c2)CCC3)CC1. The Labute approximate surface area is 130 Å². The number of nitrogens with two attached hydrogens (primary N) is 1. The molecule has 1 nitrogen and oxygen atoms in total. The van der Waals surface area contributed by atoms with Crippen molar-refractivity contribution in [3.8, 4) is 0 Å².